The third-order valence-electron chi connectivity index (χ3n) is 3.82. The molecule has 1 aromatic carbocycles. The fourth-order valence-electron chi connectivity index (χ4n) is 2.72. The van der Waals surface area contributed by atoms with Gasteiger partial charge in [-0.25, -0.2) is 14.4 Å². The number of hydrogen-bond donors (Lipinski definition) is 1. The maximum Gasteiger partial charge on any atom is 0.161 e. The highest BCUT2D eigenvalue weighted by Crippen LogP contribution is 2.39. The van der Waals surface area contributed by atoms with E-state index in [-0.39, 0.29) is 5.82 Å². The highest BCUT2D eigenvalue weighted by atomic mass is 79.9. The lowest BCUT2D eigenvalue weighted by Gasteiger charge is -2.14. The number of nitrogens with two attached hydrogens (primary N) is 1. The van der Waals surface area contributed by atoms with Gasteiger partial charge in [-0.05, 0) is 62.9 Å². The van der Waals surface area contributed by atoms with Crippen LogP contribution >= 0.6 is 31.9 Å². The summed E-state index contributed by atoms with van der Waals surface area (Å²) in [7, 11) is 0. The van der Waals surface area contributed by atoms with Crippen LogP contribution in [0.25, 0.3) is 11.4 Å². The summed E-state index contributed by atoms with van der Waals surface area (Å²) in [6.07, 6.45) is 4.65. The predicted octanol–water partition coefficient (Wildman–Crippen LogP) is 5.05. The van der Waals surface area contributed by atoms with Gasteiger partial charge < -0.3 is 5.73 Å². The van der Waals surface area contributed by atoms with E-state index in [2.05, 4.69) is 41.8 Å². The number of nitrogens with zero attached hydrogens (tertiary/aromatic N) is 2. The van der Waals surface area contributed by atoms with Crippen LogP contribution < -0.4 is 5.73 Å². The third-order valence-corrected chi connectivity index (χ3v) is 5.28. The average molecular weight is 415 g/mol. The van der Waals surface area contributed by atoms with Crippen LogP contribution in [0.15, 0.2) is 27.1 Å². The van der Waals surface area contributed by atoms with Gasteiger partial charge in [0.2, 0.25) is 0 Å². The molecule has 0 aliphatic heterocycles. The summed E-state index contributed by atoms with van der Waals surface area (Å²) in [5, 5.41) is 0. The average Bonchev–Trinajstić information content (AvgIpc) is 2.98. The van der Waals surface area contributed by atoms with E-state index >= 15 is 0 Å². The molecule has 0 unspecified atom stereocenters. The van der Waals surface area contributed by atoms with Crippen molar-refractivity contribution in [3.63, 3.8) is 0 Å². The van der Waals surface area contributed by atoms with Crippen LogP contribution in [0.2, 0.25) is 0 Å². The van der Waals surface area contributed by atoms with Crippen molar-refractivity contribution < 1.29 is 4.39 Å². The van der Waals surface area contributed by atoms with Gasteiger partial charge in [0.15, 0.2) is 5.82 Å². The number of hydrogen-bond acceptors (Lipinski definition) is 3. The standard InChI is InChI=1S/C15H14Br2FN3/c16-10-6-5-9(7-11(10)18)15-20-13(8-3-1-2-4-8)12(17)14(19)21-15/h5-8H,1-4H2,(H2,19,20,21). The topological polar surface area (TPSA) is 51.8 Å². The fraction of sp³-hybridized carbons (Fsp3) is 0.333. The second-order valence-electron chi connectivity index (χ2n) is 5.24. The SMILES string of the molecule is Nc1nc(-c2ccc(Br)c(F)c2)nc(C2CCCC2)c1Br. The highest BCUT2D eigenvalue weighted by molar-refractivity contribution is 9.11. The van der Waals surface area contributed by atoms with E-state index in [1.807, 2.05) is 0 Å². The lowest BCUT2D eigenvalue weighted by atomic mass is 10.0. The van der Waals surface area contributed by atoms with E-state index in [0.717, 1.165) is 23.0 Å². The maximum atomic E-state index is 13.7. The molecular formula is C15H14Br2FN3. The Balaban J connectivity index is 2.08. The van der Waals surface area contributed by atoms with Crippen LogP contribution in [-0.2, 0) is 0 Å². The number of benzene rings is 1. The summed E-state index contributed by atoms with van der Waals surface area (Å²) in [6.45, 7) is 0. The van der Waals surface area contributed by atoms with Gasteiger partial charge in [0.25, 0.3) is 0 Å². The van der Waals surface area contributed by atoms with Crippen molar-refractivity contribution in [2.24, 2.45) is 0 Å². The van der Waals surface area contributed by atoms with E-state index in [4.69, 9.17) is 5.73 Å². The molecule has 0 radical (unpaired) electrons. The first-order valence-electron chi connectivity index (χ1n) is 6.84. The number of halogens is 3. The van der Waals surface area contributed by atoms with Crippen LogP contribution in [-0.4, -0.2) is 9.97 Å². The molecule has 0 atom stereocenters. The van der Waals surface area contributed by atoms with Gasteiger partial charge in [-0.15, -0.1) is 0 Å². The molecule has 1 aliphatic rings. The lowest BCUT2D eigenvalue weighted by molar-refractivity contribution is 0.621. The molecule has 2 N–H and O–H groups in total. The van der Waals surface area contributed by atoms with Gasteiger partial charge >= 0.3 is 0 Å². The molecule has 1 heterocycles. The van der Waals surface area contributed by atoms with Gasteiger partial charge in [0.05, 0.1) is 14.6 Å². The molecule has 1 saturated carbocycles. The molecule has 0 saturated heterocycles. The minimum atomic E-state index is -0.333. The summed E-state index contributed by atoms with van der Waals surface area (Å²) < 4.78 is 14.9. The molecule has 0 spiro atoms. The molecule has 3 rings (SSSR count). The van der Waals surface area contributed by atoms with Crippen molar-refractivity contribution in [1.29, 1.82) is 0 Å². The number of nitrogen functional groups attached to an aromatic ring is 1. The second-order valence-corrected chi connectivity index (χ2v) is 6.89. The van der Waals surface area contributed by atoms with E-state index in [1.165, 1.54) is 18.9 Å². The fourth-order valence-corrected chi connectivity index (χ4v) is 3.46. The summed E-state index contributed by atoms with van der Waals surface area (Å²) in [5.41, 5.74) is 7.57. The van der Waals surface area contributed by atoms with Crippen molar-refractivity contribution in [3.8, 4) is 11.4 Å². The molecule has 6 heteroatoms. The Morgan fingerprint density at radius 1 is 1.14 bits per heavy atom. The quantitative estimate of drug-likeness (QED) is 0.748. The normalized spacial score (nSPS) is 15.6. The van der Waals surface area contributed by atoms with Gasteiger partial charge in [-0.2, -0.15) is 0 Å². The van der Waals surface area contributed by atoms with Gasteiger partial charge in [-0.1, -0.05) is 12.8 Å². The Bertz CT molecular complexity index is 685. The van der Waals surface area contributed by atoms with Crippen LogP contribution in [0.3, 0.4) is 0 Å². The number of aromatic nitrogens is 2. The van der Waals surface area contributed by atoms with Crippen molar-refractivity contribution in [2.75, 3.05) is 5.73 Å². The summed E-state index contributed by atoms with van der Waals surface area (Å²) in [4.78, 5) is 8.92. The van der Waals surface area contributed by atoms with Crippen LogP contribution in [0.5, 0.6) is 0 Å². The molecule has 21 heavy (non-hydrogen) atoms. The first kappa shape index (κ1) is 14.9. The third kappa shape index (κ3) is 2.97. The van der Waals surface area contributed by atoms with Crippen molar-refractivity contribution in [3.05, 3.63) is 38.7 Å². The Morgan fingerprint density at radius 3 is 2.52 bits per heavy atom. The van der Waals surface area contributed by atoms with Crippen molar-refractivity contribution in [1.82, 2.24) is 9.97 Å². The zero-order valence-electron chi connectivity index (χ0n) is 11.2. The van der Waals surface area contributed by atoms with Crippen molar-refractivity contribution >= 4 is 37.7 Å². The second kappa shape index (κ2) is 6.01. The Morgan fingerprint density at radius 2 is 1.86 bits per heavy atom. The molecular weight excluding hydrogens is 401 g/mol. The molecule has 3 nitrogen and oxygen atoms in total. The minimum Gasteiger partial charge on any atom is -0.383 e. The molecule has 1 aromatic heterocycles. The van der Waals surface area contributed by atoms with Crippen molar-refractivity contribution in [2.45, 2.75) is 31.6 Å². The molecule has 1 fully saturated rings. The zero-order chi connectivity index (χ0) is 15.0. The van der Waals surface area contributed by atoms with Gasteiger partial charge in [0, 0.05) is 11.5 Å². The van der Waals surface area contributed by atoms with E-state index in [0.29, 0.717) is 27.6 Å². The maximum absolute atomic E-state index is 13.7. The zero-order valence-corrected chi connectivity index (χ0v) is 14.4. The first-order valence-corrected chi connectivity index (χ1v) is 8.43. The van der Waals surface area contributed by atoms with Gasteiger partial charge in [-0.3, -0.25) is 0 Å². The largest absolute Gasteiger partial charge is 0.383 e. The van der Waals surface area contributed by atoms with Gasteiger partial charge in [0.1, 0.15) is 11.6 Å². The van der Waals surface area contributed by atoms with Crippen LogP contribution in [0.1, 0.15) is 37.3 Å². The smallest absolute Gasteiger partial charge is 0.161 e. The van der Waals surface area contributed by atoms with E-state index in [9.17, 15) is 4.39 Å². The molecule has 110 valence electrons. The lowest BCUT2D eigenvalue weighted by Crippen LogP contribution is -2.06. The number of rotatable bonds is 2. The first-order chi connectivity index (χ1) is 10.1. The predicted molar refractivity (Wildman–Crippen MR) is 88.4 cm³/mol. The minimum absolute atomic E-state index is 0.333. The molecule has 0 bridgehead atoms. The van der Waals surface area contributed by atoms with E-state index in [1.54, 1.807) is 12.1 Å². The Kier molecular flexibility index (Phi) is 4.26. The Labute approximate surface area is 139 Å². The van der Waals surface area contributed by atoms with Crippen LogP contribution in [0.4, 0.5) is 10.2 Å². The summed E-state index contributed by atoms with van der Waals surface area (Å²) in [5.74, 6) is 0.956. The van der Waals surface area contributed by atoms with Crippen LogP contribution in [0, 0.1) is 5.82 Å². The summed E-state index contributed by atoms with van der Waals surface area (Å²) in [6, 6.07) is 4.86. The van der Waals surface area contributed by atoms with E-state index < -0.39 is 0 Å². The molecule has 2 aromatic rings. The monoisotopic (exact) mass is 413 g/mol. The molecule has 1 aliphatic carbocycles. The number of anilines is 1. The molecule has 0 amide bonds. The highest BCUT2D eigenvalue weighted by Gasteiger charge is 2.23. The Hall–Kier alpha value is -1.01. The summed E-state index contributed by atoms with van der Waals surface area (Å²) >= 11 is 6.64.